The minimum atomic E-state index is -0.0417. The summed E-state index contributed by atoms with van der Waals surface area (Å²) in [7, 11) is 3.55. The second-order valence-electron chi connectivity index (χ2n) is 8.16. The summed E-state index contributed by atoms with van der Waals surface area (Å²) < 4.78 is 7.00. The van der Waals surface area contributed by atoms with Crippen LogP contribution in [0.3, 0.4) is 0 Å². The van der Waals surface area contributed by atoms with Crippen LogP contribution in [0.25, 0.3) is 21.3 Å². The van der Waals surface area contributed by atoms with Crippen LogP contribution in [0.15, 0.2) is 42.7 Å². The second kappa shape index (κ2) is 7.50. The molecule has 1 aliphatic carbocycles. The van der Waals surface area contributed by atoms with E-state index in [-0.39, 0.29) is 11.9 Å². The van der Waals surface area contributed by atoms with Gasteiger partial charge in [0.2, 0.25) is 0 Å². The highest BCUT2D eigenvalue weighted by Crippen LogP contribution is 2.43. The Labute approximate surface area is 184 Å². The average molecular weight is 433 g/mol. The molecule has 0 radical (unpaired) electrons. The Morgan fingerprint density at radius 2 is 2.03 bits per heavy atom. The molecule has 1 N–H and O–H groups in total. The number of rotatable bonds is 5. The van der Waals surface area contributed by atoms with Gasteiger partial charge >= 0.3 is 0 Å². The first-order valence-corrected chi connectivity index (χ1v) is 11.1. The van der Waals surface area contributed by atoms with Gasteiger partial charge in [0.15, 0.2) is 0 Å². The standard InChI is InChI=1S/C24H24N4O2S/c1-13-9-14(2)26-24-20(13)21(16-11-25-28(3)12-16)22(31-24)23(29)27-19-10-18(19)15-5-7-17(30-4)8-6-15/h5-9,11-12,18-19H,10H2,1-4H3,(H,27,29). The summed E-state index contributed by atoms with van der Waals surface area (Å²) in [6.45, 7) is 4.06. The summed E-state index contributed by atoms with van der Waals surface area (Å²) in [5.41, 5.74) is 5.17. The lowest BCUT2D eigenvalue weighted by molar-refractivity contribution is 0.0955. The zero-order valence-electron chi connectivity index (χ0n) is 18.0. The molecule has 0 aliphatic heterocycles. The lowest BCUT2D eigenvalue weighted by atomic mass is 10.0. The van der Waals surface area contributed by atoms with Gasteiger partial charge in [-0.2, -0.15) is 5.10 Å². The molecule has 0 saturated heterocycles. The van der Waals surface area contributed by atoms with E-state index in [0.29, 0.717) is 10.8 Å². The van der Waals surface area contributed by atoms with Gasteiger partial charge in [0.05, 0.1) is 13.3 Å². The van der Waals surface area contributed by atoms with Crippen LogP contribution in [0.5, 0.6) is 5.75 Å². The van der Waals surface area contributed by atoms with E-state index in [1.54, 1.807) is 11.8 Å². The van der Waals surface area contributed by atoms with Crippen LogP contribution in [0.2, 0.25) is 0 Å². The van der Waals surface area contributed by atoms with Crippen molar-refractivity contribution in [2.75, 3.05) is 7.11 Å². The van der Waals surface area contributed by atoms with Gasteiger partial charge in [-0.3, -0.25) is 9.48 Å². The number of nitrogens with one attached hydrogen (secondary N) is 1. The molecule has 1 aliphatic rings. The summed E-state index contributed by atoms with van der Waals surface area (Å²) in [5.74, 6) is 1.14. The van der Waals surface area contributed by atoms with Crippen LogP contribution in [0.1, 0.15) is 38.8 Å². The zero-order valence-corrected chi connectivity index (χ0v) is 18.8. The number of aromatic nitrogens is 3. The molecule has 31 heavy (non-hydrogen) atoms. The fourth-order valence-electron chi connectivity index (χ4n) is 4.24. The molecule has 2 atom stereocenters. The molecule has 5 rings (SSSR count). The third-order valence-corrected chi connectivity index (χ3v) is 6.92. The second-order valence-corrected chi connectivity index (χ2v) is 9.16. The maximum absolute atomic E-state index is 13.4. The molecule has 3 heterocycles. The summed E-state index contributed by atoms with van der Waals surface area (Å²) >= 11 is 1.46. The van der Waals surface area contributed by atoms with E-state index in [1.165, 1.54) is 16.9 Å². The number of nitrogens with zero attached hydrogens (tertiary/aromatic N) is 3. The molecule has 6 nitrogen and oxygen atoms in total. The van der Waals surface area contributed by atoms with E-state index < -0.39 is 0 Å². The number of ether oxygens (including phenoxy) is 1. The van der Waals surface area contributed by atoms with E-state index in [2.05, 4.69) is 35.5 Å². The quantitative estimate of drug-likeness (QED) is 0.500. The fourth-order valence-corrected chi connectivity index (χ4v) is 5.46. The number of thiophene rings is 1. The molecule has 158 valence electrons. The Morgan fingerprint density at radius 3 is 2.71 bits per heavy atom. The van der Waals surface area contributed by atoms with Crippen molar-refractivity contribution >= 4 is 27.5 Å². The molecule has 0 spiro atoms. The maximum Gasteiger partial charge on any atom is 0.262 e. The minimum Gasteiger partial charge on any atom is -0.497 e. The summed E-state index contributed by atoms with van der Waals surface area (Å²) in [5, 5.41) is 8.61. The number of methoxy groups -OCH3 is 1. The van der Waals surface area contributed by atoms with Crippen LogP contribution in [0, 0.1) is 13.8 Å². The molecule has 1 saturated carbocycles. The lowest BCUT2D eigenvalue weighted by Gasteiger charge is -2.07. The van der Waals surface area contributed by atoms with E-state index in [9.17, 15) is 4.79 Å². The maximum atomic E-state index is 13.4. The van der Waals surface area contributed by atoms with Crippen molar-refractivity contribution in [2.45, 2.75) is 32.2 Å². The number of benzene rings is 1. The van der Waals surface area contributed by atoms with Crippen molar-refractivity contribution in [2.24, 2.45) is 7.05 Å². The molecule has 4 aromatic rings. The normalized spacial score (nSPS) is 17.7. The lowest BCUT2D eigenvalue weighted by Crippen LogP contribution is -2.26. The van der Waals surface area contributed by atoms with Crippen LogP contribution in [0.4, 0.5) is 0 Å². The first kappa shape index (κ1) is 19.8. The highest BCUT2D eigenvalue weighted by Gasteiger charge is 2.40. The Balaban J connectivity index is 1.47. The number of hydrogen-bond donors (Lipinski definition) is 1. The number of fused-ring (bicyclic) bond motifs is 1. The van der Waals surface area contributed by atoms with Crippen molar-refractivity contribution in [3.8, 4) is 16.9 Å². The molecule has 0 bridgehead atoms. The topological polar surface area (TPSA) is 69.0 Å². The first-order valence-electron chi connectivity index (χ1n) is 10.3. The molecule has 3 aromatic heterocycles. The predicted octanol–water partition coefficient (Wildman–Crippen LogP) is 4.61. The minimum absolute atomic E-state index is 0.0417. The Hall–Kier alpha value is -3.19. The van der Waals surface area contributed by atoms with Crippen LogP contribution < -0.4 is 10.1 Å². The zero-order chi connectivity index (χ0) is 21.7. The van der Waals surface area contributed by atoms with E-state index in [1.807, 2.05) is 38.5 Å². The monoisotopic (exact) mass is 432 g/mol. The van der Waals surface area contributed by atoms with Crippen LogP contribution >= 0.6 is 11.3 Å². The Kier molecular flexibility index (Phi) is 4.78. The average Bonchev–Trinajstić information content (AvgIpc) is 3.18. The number of amides is 1. The largest absolute Gasteiger partial charge is 0.497 e. The van der Waals surface area contributed by atoms with Crippen molar-refractivity contribution < 1.29 is 9.53 Å². The highest BCUT2D eigenvalue weighted by atomic mass is 32.1. The highest BCUT2D eigenvalue weighted by molar-refractivity contribution is 7.21. The fraction of sp³-hybridized carbons (Fsp3) is 0.292. The van der Waals surface area contributed by atoms with Gasteiger partial charge in [0.1, 0.15) is 15.5 Å². The number of hydrogen-bond acceptors (Lipinski definition) is 5. The Bertz CT molecular complexity index is 1290. The predicted molar refractivity (Wildman–Crippen MR) is 123 cm³/mol. The molecule has 7 heteroatoms. The van der Waals surface area contributed by atoms with Crippen LogP contribution in [-0.2, 0) is 7.05 Å². The van der Waals surface area contributed by atoms with Gasteiger partial charge in [-0.1, -0.05) is 12.1 Å². The molecular weight excluding hydrogens is 408 g/mol. The van der Waals surface area contributed by atoms with E-state index in [0.717, 1.165) is 44.8 Å². The SMILES string of the molecule is COc1ccc(C2CC2NC(=O)c2sc3nc(C)cc(C)c3c2-c2cnn(C)c2)cc1. The van der Waals surface area contributed by atoms with Gasteiger partial charge in [-0.05, 0) is 49.6 Å². The number of carbonyl (C=O) groups excluding carboxylic acids is 1. The summed E-state index contributed by atoms with van der Waals surface area (Å²) in [4.78, 5) is 19.7. The van der Waals surface area contributed by atoms with Gasteiger partial charge in [-0.25, -0.2) is 4.98 Å². The van der Waals surface area contributed by atoms with E-state index >= 15 is 0 Å². The first-order chi connectivity index (χ1) is 14.9. The third-order valence-electron chi connectivity index (χ3n) is 5.84. The molecular formula is C24H24N4O2S. The molecule has 1 aromatic carbocycles. The molecule has 1 fully saturated rings. The van der Waals surface area contributed by atoms with Gasteiger partial charge in [0, 0.05) is 47.4 Å². The number of pyridine rings is 1. The van der Waals surface area contributed by atoms with Gasteiger partial charge in [0.25, 0.3) is 5.91 Å². The van der Waals surface area contributed by atoms with E-state index in [4.69, 9.17) is 9.72 Å². The van der Waals surface area contributed by atoms with Crippen molar-refractivity contribution in [3.63, 3.8) is 0 Å². The summed E-state index contributed by atoms with van der Waals surface area (Å²) in [6, 6.07) is 10.3. The van der Waals surface area contributed by atoms with Crippen molar-refractivity contribution in [1.29, 1.82) is 0 Å². The summed E-state index contributed by atoms with van der Waals surface area (Å²) in [6.07, 6.45) is 4.71. The number of aryl methyl sites for hydroxylation is 3. The Morgan fingerprint density at radius 1 is 1.26 bits per heavy atom. The van der Waals surface area contributed by atoms with Crippen molar-refractivity contribution in [3.05, 3.63) is 64.4 Å². The van der Waals surface area contributed by atoms with Crippen molar-refractivity contribution in [1.82, 2.24) is 20.1 Å². The van der Waals surface area contributed by atoms with Gasteiger partial charge < -0.3 is 10.1 Å². The number of carbonyl (C=O) groups is 1. The van der Waals surface area contributed by atoms with Crippen LogP contribution in [-0.4, -0.2) is 33.8 Å². The molecule has 2 unspecified atom stereocenters. The smallest absolute Gasteiger partial charge is 0.262 e. The third kappa shape index (κ3) is 3.59. The van der Waals surface area contributed by atoms with Gasteiger partial charge in [-0.15, -0.1) is 11.3 Å². The molecule has 1 amide bonds.